The van der Waals surface area contributed by atoms with Crippen LogP contribution in [0.3, 0.4) is 0 Å². The summed E-state index contributed by atoms with van der Waals surface area (Å²) in [7, 11) is 0. The SMILES string of the molecule is C[C@@H]1C[C@H]1C(=O)NC1(C)CCCC1. The van der Waals surface area contributed by atoms with E-state index in [9.17, 15) is 4.79 Å². The van der Waals surface area contributed by atoms with Gasteiger partial charge in [-0.2, -0.15) is 0 Å². The fourth-order valence-electron chi connectivity index (χ4n) is 2.36. The minimum absolute atomic E-state index is 0.124. The number of nitrogens with one attached hydrogen (secondary N) is 1. The van der Waals surface area contributed by atoms with Crippen molar-refractivity contribution in [1.29, 1.82) is 0 Å². The Bertz CT molecular complexity index is 218. The molecule has 2 atom stereocenters. The Morgan fingerprint density at radius 1 is 1.38 bits per heavy atom. The normalized spacial score (nSPS) is 35.8. The molecule has 0 aromatic carbocycles. The second kappa shape index (κ2) is 3.00. The standard InChI is InChI=1S/C11H19NO/c1-8-7-9(8)10(13)12-11(2)5-3-4-6-11/h8-9H,3-7H2,1-2H3,(H,12,13)/t8-,9-/m1/s1. The molecule has 0 heterocycles. The fraction of sp³-hybridized carbons (Fsp3) is 0.909. The van der Waals surface area contributed by atoms with Gasteiger partial charge in [-0.15, -0.1) is 0 Å². The van der Waals surface area contributed by atoms with E-state index in [0.29, 0.717) is 17.7 Å². The van der Waals surface area contributed by atoms with Crippen molar-refractivity contribution in [3.63, 3.8) is 0 Å². The molecule has 0 radical (unpaired) electrons. The van der Waals surface area contributed by atoms with Crippen LogP contribution in [0.25, 0.3) is 0 Å². The Balaban J connectivity index is 1.86. The molecule has 2 nitrogen and oxygen atoms in total. The molecule has 2 fully saturated rings. The highest BCUT2D eigenvalue weighted by molar-refractivity contribution is 5.82. The van der Waals surface area contributed by atoms with E-state index in [-0.39, 0.29) is 5.54 Å². The molecule has 0 spiro atoms. The number of carbonyl (C=O) groups excluding carboxylic acids is 1. The average molecular weight is 181 g/mol. The van der Waals surface area contributed by atoms with Crippen LogP contribution in [0.4, 0.5) is 0 Å². The molecule has 2 aliphatic carbocycles. The van der Waals surface area contributed by atoms with Crippen LogP contribution in [0.5, 0.6) is 0 Å². The molecule has 0 aliphatic heterocycles. The highest BCUT2D eigenvalue weighted by Crippen LogP contribution is 2.39. The monoisotopic (exact) mass is 181 g/mol. The molecular weight excluding hydrogens is 162 g/mol. The van der Waals surface area contributed by atoms with Gasteiger partial charge in [0.2, 0.25) is 5.91 Å². The van der Waals surface area contributed by atoms with Crippen molar-refractivity contribution in [3.05, 3.63) is 0 Å². The summed E-state index contributed by atoms with van der Waals surface area (Å²) in [5, 5.41) is 3.21. The quantitative estimate of drug-likeness (QED) is 0.694. The maximum Gasteiger partial charge on any atom is 0.223 e. The van der Waals surface area contributed by atoms with Crippen molar-refractivity contribution < 1.29 is 4.79 Å². The molecule has 0 bridgehead atoms. The molecule has 1 N–H and O–H groups in total. The number of carbonyl (C=O) groups is 1. The first-order valence-corrected chi connectivity index (χ1v) is 5.43. The van der Waals surface area contributed by atoms with Gasteiger partial charge >= 0.3 is 0 Å². The molecule has 2 aliphatic rings. The Kier molecular flexibility index (Phi) is 2.09. The largest absolute Gasteiger partial charge is 0.351 e. The van der Waals surface area contributed by atoms with Gasteiger partial charge < -0.3 is 5.32 Å². The summed E-state index contributed by atoms with van der Waals surface area (Å²) < 4.78 is 0. The van der Waals surface area contributed by atoms with Crippen molar-refractivity contribution in [2.75, 3.05) is 0 Å². The van der Waals surface area contributed by atoms with Gasteiger partial charge in [0.1, 0.15) is 0 Å². The molecule has 74 valence electrons. The smallest absolute Gasteiger partial charge is 0.223 e. The van der Waals surface area contributed by atoms with Crippen molar-refractivity contribution in [1.82, 2.24) is 5.32 Å². The van der Waals surface area contributed by atoms with Crippen LogP contribution in [-0.4, -0.2) is 11.4 Å². The minimum Gasteiger partial charge on any atom is -0.351 e. The van der Waals surface area contributed by atoms with Crippen molar-refractivity contribution in [3.8, 4) is 0 Å². The molecule has 0 aromatic rings. The van der Waals surface area contributed by atoms with Gasteiger partial charge in [0.15, 0.2) is 0 Å². The molecule has 1 amide bonds. The molecule has 2 rings (SSSR count). The van der Waals surface area contributed by atoms with Gasteiger partial charge in [0, 0.05) is 11.5 Å². The zero-order valence-corrected chi connectivity index (χ0v) is 8.60. The third-order valence-electron chi connectivity index (χ3n) is 3.58. The summed E-state index contributed by atoms with van der Waals surface area (Å²) in [6, 6.07) is 0. The van der Waals surface area contributed by atoms with Gasteiger partial charge in [-0.25, -0.2) is 0 Å². The zero-order chi connectivity index (χ0) is 9.47. The lowest BCUT2D eigenvalue weighted by molar-refractivity contribution is -0.124. The summed E-state index contributed by atoms with van der Waals surface area (Å²) in [4.78, 5) is 11.7. The lowest BCUT2D eigenvalue weighted by Crippen LogP contribution is -2.44. The van der Waals surface area contributed by atoms with Crippen LogP contribution in [-0.2, 0) is 4.79 Å². The minimum atomic E-state index is 0.124. The third kappa shape index (κ3) is 1.87. The van der Waals surface area contributed by atoms with E-state index in [1.165, 1.54) is 25.7 Å². The van der Waals surface area contributed by atoms with Crippen molar-refractivity contribution >= 4 is 5.91 Å². The van der Waals surface area contributed by atoms with Crippen LogP contribution in [0.15, 0.2) is 0 Å². The summed E-state index contributed by atoms with van der Waals surface area (Å²) in [6.07, 6.45) is 5.98. The summed E-state index contributed by atoms with van der Waals surface area (Å²) in [5.41, 5.74) is 0.124. The van der Waals surface area contributed by atoms with E-state index in [0.717, 1.165) is 6.42 Å². The molecule has 13 heavy (non-hydrogen) atoms. The zero-order valence-electron chi connectivity index (χ0n) is 8.60. The predicted octanol–water partition coefficient (Wildman–Crippen LogP) is 2.09. The highest BCUT2D eigenvalue weighted by atomic mass is 16.2. The van der Waals surface area contributed by atoms with Crippen LogP contribution < -0.4 is 5.32 Å². The number of hydrogen-bond donors (Lipinski definition) is 1. The topological polar surface area (TPSA) is 29.1 Å². The van der Waals surface area contributed by atoms with Gasteiger partial charge in [-0.1, -0.05) is 19.8 Å². The van der Waals surface area contributed by atoms with E-state index in [4.69, 9.17) is 0 Å². The molecule has 2 saturated carbocycles. The van der Waals surface area contributed by atoms with Crippen LogP contribution in [0.1, 0.15) is 46.0 Å². The molecule has 2 heteroatoms. The fourth-order valence-corrected chi connectivity index (χ4v) is 2.36. The molecule has 0 saturated heterocycles. The lowest BCUT2D eigenvalue weighted by Gasteiger charge is -2.25. The molecule has 0 aromatic heterocycles. The van der Waals surface area contributed by atoms with E-state index in [1.54, 1.807) is 0 Å². The Morgan fingerprint density at radius 2 is 1.92 bits per heavy atom. The Labute approximate surface area is 80.1 Å². The number of hydrogen-bond acceptors (Lipinski definition) is 1. The summed E-state index contributed by atoms with van der Waals surface area (Å²) >= 11 is 0. The number of amides is 1. The molecule has 0 unspecified atom stereocenters. The van der Waals surface area contributed by atoms with Gasteiger partial charge in [0.05, 0.1) is 0 Å². The highest BCUT2D eigenvalue weighted by Gasteiger charge is 2.42. The first-order chi connectivity index (χ1) is 6.11. The third-order valence-corrected chi connectivity index (χ3v) is 3.58. The molecular formula is C11H19NO. The van der Waals surface area contributed by atoms with Crippen molar-refractivity contribution in [2.24, 2.45) is 11.8 Å². The summed E-state index contributed by atoms with van der Waals surface area (Å²) in [5.74, 6) is 1.26. The first kappa shape index (κ1) is 9.04. The average Bonchev–Trinajstić information content (AvgIpc) is 2.63. The predicted molar refractivity (Wildman–Crippen MR) is 52.3 cm³/mol. The second-order valence-electron chi connectivity index (χ2n) is 5.08. The number of rotatable bonds is 2. The van der Waals surface area contributed by atoms with E-state index < -0.39 is 0 Å². The lowest BCUT2D eigenvalue weighted by atomic mass is 10.0. The van der Waals surface area contributed by atoms with Crippen molar-refractivity contribution in [2.45, 2.75) is 51.5 Å². The van der Waals surface area contributed by atoms with Crippen LogP contribution in [0.2, 0.25) is 0 Å². The Morgan fingerprint density at radius 3 is 2.38 bits per heavy atom. The van der Waals surface area contributed by atoms with E-state index >= 15 is 0 Å². The van der Waals surface area contributed by atoms with Crippen LogP contribution in [0, 0.1) is 11.8 Å². The van der Waals surface area contributed by atoms with Gasteiger partial charge in [0.25, 0.3) is 0 Å². The van der Waals surface area contributed by atoms with Gasteiger partial charge in [-0.05, 0) is 32.1 Å². The Hall–Kier alpha value is -0.530. The van der Waals surface area contributed by atoms with E-state index in [1.807, 2.05) is 0 Å². The second-order valence-corrected chi connectivity index (χ2v) is 5.08. The summed E-state index contributed by atoms with van der Waals surface area (Å²) in [6.45, 7) is 4.34. The first-order valence-electron chi connectivity index (χ1n) is 5.43. The van der Waals surface area contributed by atoms with Gasteiger partial charge in [-0.3, -0.25) is 4.79 Å². The van der Waals surface area contributed by atoms with E-state index in [2.05, 4.69) is 19.2 Å². The van der Waals surface area contributed by atoms with Crippen LogP contribution >= 0.6 is 0 Å². The maximum atomic E-state index is 11.7. The maximum absolute atomic E-state index is 11.7.